The summed E-state index contributed by atoms with van der Waals surface area (Å²) < 4.78 is 2.29. The molecule has 0 saturated heterocycles. The number of halogens is 2. The molecule has 2 aromatic heterocycles. The molecule has 4 heteroatoms. The molecule has 0 N–H and O–H groups in total. The third kappa shape index (κ3) is 5.11. The Balaban J connectivity index is 1.82. The monoisotopic (exact) mass is 532 g/mol. The van der Waals surface area contributed by atoms with Crippen molar-refractivity contribution >= 4 is 45.2 Å². The summed E-state index contributed by atoms with van der Waals surface area (Å²) in [5.74, 6) is 1.19. The van der Waals surface area contributed by atoms with Gasteiger partial charge in [-0.25, -0.2) is 0 Å². The van der Waals surface area contributed by atoms with Crippen LogP contribution in [-0.2, 0) is 0 Å². The predicted octanol–water partition coefficient (Wildman–Crippen LogP) is 6.30. The summed E-state index contributed by atoms with van der Waals surface area (Å²) in [6.45, 7) is 0. The molecule has 0 spiro atoms. The highest BCUT2D eigenvalue weighted by molar-refractivity contribution is 14.1. The van der Waals surface area contributed by atoms with Gasteiger partial charge in [0.1, 0.15) is 3.70 Å². The Morgan fingerprint density at radius 1 is 0.783 bits per heavy atom. The molecule has 0 bridgehead atoms. The fraction of sp³-hybridized carbons (Fsp3) is 0.474. The lowest BCUT2D eigenvalue weighted by Crippen LogP contribution is -2.08. The molecule has 0 aromatic carbocycles. The van der Waals surface area contributed by atoms with Crippen molar-refractivity contribution in [2.45, 2.75) is 56.8 Å². The summed E-state index contributed by atoms with van der Waals surface area (Å²) in [6.07, 6.45) is 13.2. The van der Waals surface area contributed by atoms with Crippen molar-refractivity contribution in [2.75, 3.05) is 0 Å². The van der Waals surface area contributed by atoms with Crippen molar-refractivity contribution in [3.63, 3.8) is 0 Å². The van der Waals surface area contributed by atoms with Crippen LogP contribution in [0.1, 0.15) is 68.0 Å². The second kappa shape index (κ2) is 8.74. The van der Waals surface area contributed by atoms with Crippen LogP contribution in [0.3, 0.4) is 0 Å². The van der Waals surface area contributed by atoms with Gasteiger partial charge >= 0.3 is 0 Å². The van der Waals surface area contributed by atoms with Crippen LogP contribution in [-0.4, -0.2) is 9.97 Å². The van der Waals surface area contributed by atoms with Gasteiger partial charge in [0.2, 0.25) is 0 Å². The van der Waals surface area contributed by atoms with E-state index in [0.717, 1.165) is 3.70 Å². The zero-order valence-corrected chi connectivity index (χ0v) is 17.5. The van der Waals surface area contributed by atoms with Crippen molar-refractivity contribution in [3.8, 4) is 0 Å². The molecular weight excluding hydrogens is 510 g/mol. The lowest BCUT2D eigenvalue weighted by atomic mass is 9.83. The molecule has 2 nitrogen and oxygen atoms in total. The van der Waals surface area contributed by atoms with E-state index in [4.69, 9.17) is 4.98 Å². The highest BCUT2D eigenvalue weighted by Crippen LogP contribution is 2.37. The van der Waals surface area contributed by atoms with Crippen molar-refractivity contribution in [1.82, 2.24) is 9.97 Å². The third-order valence-electron chi connectivity index (χ3n) is 4.81. The number of nitrogens with zero attached hydrogens (tertiary/aromatic N) is 2. The smallest absolute Gasteiger partial charge is 0.101 e. The van der Waals surface area contributed by atoms with Crippen LogP contribution >= 0.6 is 45.2 Å². The molecule has 0 aliphatic heterocycles. The largest absolute Gasteiger partial charge is 0.260 e. The maximum atomic E-state index is 4.72. The van der Waals surface area contributed by atoms with E-state index in [2.05, 4.69) is 80.6 Å². The van der Waals surface area contributed by atoms with E-state index < -0.39 is 0 Å². The summed E-state index contributed by atoms with van der Waals surface area (Å²) in [5, 5.41) is 0. The molecule has 2 heterocycles. The number of hydrogen-bond donors (Lipinski definition) is 0. The van der Waals surface area contributed by atoms with E-state index in [0.29, 0.717) is 11.8 Å². The first-order valence-corrected chi connectivity index (χ1v) is 10.6. The molecule has 0 radical (unpaired) electrons. The Hall–Kier alpha value is -0.240. The van der Waals surface area contributed by atoms with Crippen LogP contribution in [0, 0.1) is 7.27 Å². The van der Waals surface area contributed by atoms with Gasteiger partial charge in [0.25, 0.3) is 0 Å². The predicted molar refractivity (Wildman–Crippen MR) is 112 cm³/mol. The molecular formula is C19H22I2N2. The zero-order chi connectivity index (χ0) is 16.1. The Labute approximate surface area is 166 Å². The van der Waals surface area contributed by atoms with Crippen molar-refractivity contribution in [1.29, 1.82) is 0 Å². The molecule has 1 saturated carbocycles. The van der Waals surface area contributed by atoms with Crippen LogP contribution in [0.5, 0.6) is 0 Å². The van der Waals surface area contributed by atoms with E-state index in [1.54, 1.807) is 0 Å². The van der Waals surface area contributed by atoms with Gasteiger partial charge in [-0.2, -0.15) is 0 Å². The maximum absolute atomic E-state index is 4.72. The van der Waals surface area contributed by atoms with Crippen LogP contribution < -0.4 is 0 Å². The first-order valence-electron chi connectivity index (χ1n) is 8.45. The average Bonchev–Trinajstić information content (AvgIpc) is 2.68. The highest BCUT2D eigenvalue weighted by atomic mass is 127. The molecule has 122 valence electrons. The molecule has 2 atom stereocenters. The summed E-state index contributed by atoms with van der Waals surface area (Å²) in [6, 6.07) is 8.83. The van der Waals surface area contributed by atoms with Gasteiger partial charge < -0.3 is 0 Å². The van der Waals surface area contributed by atoms with Gasteiger partial charge in [-0.05, 0) is 94.1 Å². The summed E-state index contributed by atoms with van der Waals surface area (Å²) >= 11 is 4.61. The topological polar surface area (TPSA) is 25.8 Å². The molecule has 1 fully saturated rings. The Morgan fingerprint density at radius 3 is 2.22 bits per heavy atom. The molecule has 3 rings (SSSR count). The van der Waals surface area contributed by atoms with Crippen molar-refractivity contribution < 1.29 is 0 Å². The van der Waals surface area contributed by atoms with Gasteiger partial charge in [-0.1, -0.05) is 31.7 Å². The van der Waals surface area contributed by atoms with E-state index in [1.165, 1.54) is 59.8 Å². The van der Waals surface area contributed by atoms with Crippen LogP contribution in [0.25, 0.3) is 0 Å². The quantitative estimate of drug-likeness (QED) is 0.336. The van der Waals surface area contributed by atoms with E-state index in [1.807, 2.05) is 6.20 Å². The van der Waals surface area contributed by atoms with E-state index >= 15 is 0 Å². The van der Waals surface area contributed by atoms with Crippen LogP contribution in [0.4, 0.5) is 0 Å². The fourth-order valence-corrected chi connectivity index (χ4v) is 4.18. The molecule has 2 aromatic rings. The highest BCUT2D eigenvalue weighted by Gasteiger charge is 2.22. The fourth-order valence-electron chi connectivity index (χ4n) is 3.54. The number of aromatic nitrogens is 2. The van der Waals surface area contributed by atoms with Crippen LogP contribution in [0.15, 0.2) is 36.7 Å². The lowest BCUT2D eigenvalue weighted by Gasteiger charge is -2.22. The van der Waals surface area contributed by atoms with E-state index in [9.17, 15) is 0 Å². The standard InChI is InChI=1S/C19H22I2N2/c20-17-8-9-18(22-13-17)15-6-4-2-1-3-5-14(11-15)16-7-10-19(21)23-12-16/h7-10,12-15H,1-6,11H2. The average molecular weight is 532 g/mol. The SMILES string of the molecule is Ic1ccc(C2CCCCCCC(c3ccc(I)nc3)C2)nc1. The Bertz CT molecular complexity index is 555. The van der Waals surface area contributed by atoms with Crippen molar-refractivity contribution in [3.05, 3.63) is 55.2 Å². The minimum Gasteiger partial charge on any atom is -0.260 e. The van der Waals surface area contributed by atoms with Crippen LogP contribution in [0.2, 0.25) is 0 Å². The van der Waals surface area contributed by atoms with Gasteiger partial charge in [-0.15, -0.1) is 0 Å². The molecule has 1 aliphatic carbocycles. The number of hydrogen-bond acceptors (Lipinski definition) is 2. The third-order valence-corrected chi connectivity index (χ3v) is 6.09. The normalized spacial score (nSPS) is 22.9. The maximum Gasteiger partial charge on any atom is 0.101 e. The zero-order valence-electron chi connectivity index (χ0n) is 13.2. The van der Waals surface area contributed by atoms with Gasteiger partial charge in [0, 0.05) is 27.6 Å². The van der Waals surface area contributed by atoms with Gasteiger partial charge in [0.05, 0.1) is 0 Å². The van der Waals surface area contributed by atoms with Crippen molar-refractivity contribution in [2.24, 2.45) is 0 Å². The number of rotatable bonds is 2. The van der Waals surface area contributed by atoms with E-state index in [-0.39, 0.29) is 0 Å². The lowest BCUT2D eigenvalue weighted by molar-refractivity contribution is 0.480. The molecule has 1 aliphatic rings. The molecule has 0 amide bonds. The molecule has 2 unspecified atom stereocenters. The minimum absolute atomic E-state index is 0.578. The Kier molecular flexibility index (Phi) is 6.68. The number of pyridine rings is 2. The van der Waals surface area contributed by atoms with Gasteiger partial charge in [-0.3, -0.25) is 9.97 Å². The summed E-state index contributed by atoms with van der Waals surface area (Å²) in [7, 11) is 0. The summed E-state index contributed by atoms with van der Waals surface area (Å²) in [4.78, 5) is 9.23. The first-order chi connectivity index (χ1) is 11.2. The molecule has 23 heavy (non-hydrogen) atoms. The second-order valence-electron chi connectivity index (χ2n) is 6.44. The Morgan fingerprint density at radius 2 is 1.57 bits per heavy atom. The first kappa shape index (κ1) is 17.6. The van der Waals surface area contributed by atoms with Gasteiger partial charge in [0.15, 0.2) is 0 Å². The minimum atomic E-state index is 0.578. The summed E-state index contributed by atoms with van der Waals surface area (Å²) in [5.41, 5.74) is 2.68. The second-order valence-corrected chi connectivity index (χ2v) is 8.79.